The molecule has 0 aromatic heterocycles. The van der Waals surface area contributed by atoms with Crippen LogP contribution in [0.1, 0.15) is 44.0 Å². The monoisotopic (exact) mass is 331 g/mol. The Morgan fingerprint density at radius 1 is 1.17 bits per heavy atom. The van der Waals surface area contributed by atoms with Crippen molar-refractivity contribution >= 4 is 23.4 Å². The predicted octanol–water partition coefficient (Wildman–Crippen LogP) is 2.02. The van der Waals surface area contributed by atoms with E-state index in [9.17, 15) is 14.4 Å². The third-order valence-electron chi connectivity index (χ3n) is 3.96. The summed E-state index contributed by atoms with van der Waals surface area (Å²) in [5, 5.41) is 5.59. The number of hydrogen-bond donors (Lipinski definition) is 2. The molecule has 2 N–H and O–H groups in total. The van der Waals surface area contributed by atoms with Crippen molar-refractivity contribution in [1.82, 2.24) is 10.2 Å². The van der Waals surface area contributed by atoms with Gasteiger partial charge in [0.2, 0.25) is 11.8 Å². The molecular formula is C18H25N3O3. The lowest BCUT2D eigenvalue weighted by molar-refractivity contribution is -0.126. The van der Waals surface area contributed by atoms with Crippen molar-refractivity contribution in [3.05, 3.63) is 29.8 Å². The van der Waals surface area contributed by atoms with Gasteiger partial charge in [-0.1, -0.05) is 0 Å². The molecule has 0 bridgehead atoms. The van der Waals surface area contributed by atoms with Crippen LogP contribution in [0, 0.1) is 5.92 Å². The fourth-order valence-electron chi connectivity index (χ4n) is 2.86. The molecule has 1 atom stereocenters. The van der Waals surface area contributed by atoms with Gasteiger partial charge in [-0.25, -0.2) is 0 Å². The highest BCUT2D eigenvalue weighted by atomic mass is 16.2. The molecule has 1 aliphatic rings. The molecule has 1 aliphatic heterocycles. The average molecular weight is 331 g/mol. The molecule has 130 valence electrons. The van der Waals surface area contributed by atoms with Crippen LogP contribution in [0.2, 0.25) is 0 Å². The van der Waals surface area contributed by atoms with Crippen molar-refractivity contribution in [3.63, 3.8) is 0 Å². The quantitative estimate of drug-likeness (QED) is 0.886. The zero-order chi connectivity index (χ0) is 17.7. The number of amides is 3. The summed E-state index contributed by atoms with van der Waals surface area (Å²) in [6.07, 6.45) is 1.63. The fourth-order valence-corrected chi connectivity index (χ4v) is 2.86. The minimum absolute atomic E-state index is 0.0171. The summed E-state index contributed by atoms with van der Waals surface area (Å²) in [6.45, 7) is 6.41. The third-order valence-corrected chi connectivity index (χ3v) is 3.96. The van der Waals surface area contributed by atoms with Crippen molar-refractivity contribution in [2.24, 2.45) is 5.92 Å². The summed E-state index contributed by atoms with van der Waals surface area (Å²) in [5.74, 6) is -0.359. The maximum atomic E-state index is 12.6. The van der Waals surface area contributed by atoms with Gasteiger partial charge in [0.25, 0.3) is 5.91 Å². The minimum atomic E-state index is -0.149. The standard InChI is InChI=1S/C18H25N3O3/c1-12(2)19-17(23)15-5-4-10-21(11-15)18(24)14-6-8-16(9-7-14)20-13(3)22/h6-9,12,15H,4-5,10-11H2,1-3H3,(H,19,23)(H,20,22). The maximum Gasteiger partial charge on any atom is 0.253 e. The Morgan fingerprint density at radius 2 is 1.83 bits per heavy atom. The van der Waals surface area contributed by atoms with E-state index in [1.807, 2.05) is 13.8 Å². The van der Waals surface area contributed by atoms with Crippen molar-refractivity contribution in [2.75, 3.05) is 18.4 Å². The molecule has 1 heterocycles. The summed E-state index contributed by atoms with van der Waals surface area (Å²) >= 11 is 0. The van der Waals surface area contributed by atoms with Crippen LogP contribution in [0.3, 0.4) is 0 Å². The first kappa shape index (κ1) is 18.0. The number of carbonyl (C=O) groups excluding carboxylic acids is 3. The van der Waals surface area contributed by atoms with Crippen LogP contribution in [0.4, 0.5) is 5.69 Å². The molecule has 0 spiro atoms. The first-order valence-corrected chi connectivity index (χ1v) is 8.34. The Balaban J connectivity index is 2.01. The zero-order valence-electron chi connectivity index (χ0n) is 14.5. The average Bonchev–Trinajstić information content (AvgIpc) is 2.54. The van der Waals surface area contributed by atoms with Crippen LogP contribution in [0.15, 0.2) is 24.3 Å². The van der Waals surface area contributed by atoms with Gasteiger partial charge in [-0.2, -0.15) is 0 Å². The molecule has 6 heteroatoms. The molecular weight excluding hydrogens is 306 g/mol. The molecule has 1 saturated heterocycles. The summed E-state index contributed by atoms with van der Waals surface area (Å²) in [4.78, 5) is 37.6. The molecule has 0 radical (unpaired) electrons. The molecule has 6 nitrogen and oxygen atoms in total. The topological polar surface area (TPSA) is 78.5 Å². The van der Waals surface area contributed by atoms with E-state index in [-0.39, 0.29) is 29.7 Å². The fraction of sp³-hybridized carbons (Fsp3) is 0.500. The van der Waals surface area contributed by atoms with Gasteiger partial charge < -0.3 is 15.5 Å². The largest absolute Gasteiger partial charge is 0.354 e. The second-order valence-electron chi connectivity index (χ2n) is 6.51. The van der Waals surface area contributed by atoms with E-state index >= 15 is 0 Å². The van der Waals surface area contributed by atoms with Crippen LogP contribution in [-0.2, 0) is 9.59 Å². The van der Waals surface area contributed by atoms with Crippen molar-refractivity contribution in [1.29, 1.82) is 0 Å². The van der Waals surface area contributed by atoms with Crippen LogP contribution in [0.5, 0.6) is 0 Å². The molecule has 1 aromatic carbocycles. The lowest BCUT2D eigenvalue weighted by Gasteiger charge is -2.32. The molecule has 1 fully saturated rings. The molecule has 0 saturated carbocycles. The lowest BCUT2D eigenvalue weighted by Crippen LogP contribution is -2.46. The van der Waals surface area contributed by atoms with E-state index in [2.05, 4.69) is 10.6 Å². The van der Waals surface area contributed by atoms with E-state index in [1.165, 1.54) is 6.92 Å². The Labute approximate surface area is 142 Å². The SMILES string of the molecule is CC(=O)Nc1ccc(C(=O)N2CCCC(C(=O)NC(C)C)C2)cc1. The Hall–Kier alpha value is -2.37. The van der Waals surface area contributed by atoms with Crippen LogP contribution >= 0.6 is 0 Å². The highest BCUT2D eigenvalue weighted by Gasteiger charge is 2.29. The smallest absolute Gasteiger partial charge is 0.253 e. The predicted molar refractivity (Wildman–Crippen MR) is 92.7 cm³/mol. The van der Waals surface area contributed by atoms with Crippen LogP contribution in [-0.4, -0.2) is 41.8 Å². The van der Waals surface area contributed by atoms with E-state index < -0.39 is 0 Å². The number of piperidine rings is 1. The van der Waals surface area contributed by atoms with E-state index in [4.69, 9.17) is 0 Å². The number of anilines is 1. The van der Waals surface area contributed by atoms with Gasteiger partial charge in [-0.3, -0.25) is 14.4 Å². The Kier molecular flexibility index (Phi) is 5.95. The van der Waals surface area contributed by atoms with E-state index in [0.717, 1.165) is 12.8 Å². The summed E-state index contributed by atoms with van der Waals surface area (Å²) in [7, 11) is 0. The molecule has 24 heavy (non-hydrogen) atoms. The first-order chi connectivity index (χ1) is 11.4. The highest BCUT2D eigenvalue weighted by molar-refractivity contribution is 5.96. The lowest BCUT2D eigenvalue weighted by atomic mass is 9.96. The number of rotatable bonds is 4. The summed E-state index contributed by atoms with van der Waals surface area (Å²) in [5.41, 5.74) is 1.22. The second-order valence-corrected chi connectivity index (χ2v) is 6.51. The molecule has 1 unspecified atom stereocenters. The molecule has 0 aliphatic carbocycles. The van der Waals surface area contributed by atoms with E-state index in [0.29, 0.717) is 24.3 Å². The Morgan fingerprint density at radius 3 is 2.42 bits per heavy atom. The normalized spacial score (nSPS) is 17.5. The van der Waals surface area contributed by atoms with Crippen molar-refractivity contribution in [2.45, 2.75) is 39.7 Å². The zero-order valence-corrected chi connectivity index (χ0v) is 14.5. The number of nitrogens with one attached hydrogen (secondary N) is 2. The summed E-state index contributed by atoms with van der Waals surface area (Å²) in [6, 6.07) is 6.92. The number of likely N-dealkylation sites (tertiary alicyclic amines) is 1. The maximum absolute atomic E-state index is 12.6. The number of carbonyl (C=O) groups is 3. The van der Waals surface area contributed by atoms with E-state index in [1.54, 1.807) is 29.2 Å². The molecule has 1 aromatic rings. The van der Waals surface area contributed by atoms with Crippen LogP contribution < -0.4 is 10.6 Å². The van der Waals surface area contributed by atoms with Gasteiger partial charge in [-0.15, -0.1) is 0 Å². The van der Waals surface area contributed by atoms with Gasteiger partial charge in [0.1, 0.15) is 0 Å². The van der Waals surface area contributed by atoms with Gasteiger partial charge in [-0.05, 0) is 51.0 Å². The molecule has 3 amide bonds. The summed E-state index contributed by atoms with van der Waals surface area (Å²) < 4.78 is 0. The van der Waals surface area contributed by atoms with Gasteiger partial charge in [0.15, 0.2) is 0 Å². The highest BCUT2D eigenvalue weighted by Crippen LogP contribution is 2.20. The van der Waals surface area contributed by atoms with Crippen molar-refractivity contribution < 1.29 is 14.4 Å². The Bertz CT molecular complexity index is 610. The second kappa shape index (κ2) is 7.95. The third kappa shape index (κ3) is 4.81. The minimum Gasteiger partial charge on any atom is -0.354 e. The van der Waals surface area contributed by atoms with Gasteiger partial charge in [0.05, 0.1) is 5.92 Å². The van der Waals surface area contributed by atoms with Crippen LogP contribution in [0.25, 0.3) is 0 Å². The van der Waals surface area contributed by atoms with Crippen molar-refractivity contribution in [3.8, 4) is 0 Å². The van der Waals surface area contributed by atoms with Gasteiger partial charge in [0, 0.05) is 37.3 Å². The number of hydrogen-bond acceptors (Lipinski definition) is 3. The molecule has 2 rings (SSSR count). The number of nitrogens with zero attached hydrogens (tertiary/aromatic N) is 1. The number of benzene rings is 1. The van der Waals surface area contributed by atoms with Gasteiger partial charge >= 0.3 is 0 Å². The first-order valence-electron chi connectivity index (χ1n) is 8.34.